The molecule has 1 N–H and O–H groups in total. The lowest BCUT2D eigenvalue weighted by Crippen LogP contribution is -2.41. The van der Waals surface area contributed by atoms with Crippen molar-refractivity contribution in [2.45, 2.75) is 11.4 Å². The first-order chi connectivity index (χ1) is 12.1. The van der Waals surface area contributed by atoms with Gasteiger partial charge in [0.15, 0.2) is 4.90 Å². The number of H-pyrrole nitrogens is 1. The summed E-state index contributed by atoms with van der Waals surface area (Å²) >= 11 is 0. The number of nitrogens with one attached hydrogen (secondary N) is 1. The van der Waals surface area contributed by atoms with Gasteiger partial charge in [0.25, 0.3) is 5.56 Å². The molecule has 1 aromatic carbocycles. The summed E-state index contributed by atoms with van der Waals surface area (Å²) in [5.41, 5.74) is -0.614. The summed E-state index contributed by atoms with van der Waals surface area (Å²) in [6, 6.07) is 3.98. The Morgan fingerprint density at radius 1 is 1.27 bits per heavy atom. The normalized spacial score (nSPS) is 12.2. The number of fused-ring (bicyclic) bond motifs is 1. The molecule has 9 nitrogen and oxygen atoms in total. The summed E-state index contributed by atoms with van der Waals surface area (Å²) in [5.74, 6) is -0.152. The third-order valence-corrected chi connectivity index (χ3v) is 5.75. The number of aromatic nitrogens is 4. The smallest absolute Gasteiger partial charge is 0.330 e. The predicted molar refractivity (Wildman–Crippen MR) is 91.6 cm³/mol. The molecule has 0 spiro atoms. The summed E-state index contributed by atoms with van der Waals surface area (Å²) < 4.78 is 41.4. The third kappa shape index (κ3) is 2.95. The Labute approximate surface area is 147 Å². The summed E-state index contributed by atoms with van der Waals surface area (Å²) in [6.07, 6.45) is 0.991. The lowest BCUT2D eigenvalue weighted by Gasteiger charge is -2.16. The van der Waals surface area contributed by atoms with Crippen LogP contribution in [0.3, 0.4) is 0 Å². The van der Waals surface area contributed by atoms with Crippen molar-refractivity contribution in [2.75, 3.05) is 7.05 Å². The SMILES string of the molecule is CN(Cc1nc2ccc(F)cc2[nH]1)S(=O)(=O)c1cn(C)c(=O)n(C)c1=O. The van der Waals surface area contributed by atoms with Crippen molar-refractivity contribution in [1.82, 2.24) is 23.4 Å². The number of imidazole rings is 1. The average Bonchev–Trinajstić information content (AvgIpc) is 2.97. The Hall–Kier alpha value is -2.79. The fraction of sp³-hybridized carbons (Fsp3) is 0.267. The van der Waals surface area contributed by atoms with Crippen molar-refractivity contribution < 1.29 is 12.8 Å². The first kappa shape index (κ1) is 18.0. The molecular weight excluding hydrogens is 365 g/mol. The second kappa shape index (κ2) is 6.18. The monoisotopic (exact) mass is 381 g/mol. The van der Waals surface area contributed by atoms with Crippen molar-refractivity contribution in [2.24, 2.45) is 14.1 Å². The average molecular weight is 381 g/mol. The number of aryl methyl sites for hydroxylation is 1. The van der Waals surface area contributed by atoms with Gasteiger partial charge in [0, 0.05) is 27.3 Å². The van der Waals surface area contributed by atoms with Crippen LogP contribution in [0.1, 0.15) is 5.82 Å². The maximum atomic E-state index is 13.3. The molecular formula is C15H16FN5O4S. The molecule has 0 atom stereocenters. The van der Waals surface area contributed by atoms with Crippen molar-refractivity contribution in [1.29, 1.82) is 0 Å². The van der Waals surface area contributed by atoms with Crippen LogP contribution in [0.5, 0.6) is 0 Å². The van der Waals surface area contributed by atoms with E-state index in [0.29, 0.717) is 16.9 Å². The second-order valence-electron chi connectivity index (χ2n) is 5.86. The number of hydrogen-bond acceptors (Lipinski definition) is 5. The van der Waals surface area contributed by atoms with Gasteiger partial charge < -0.3 is 9.55 Å². The summed E-state index contributed by atoms with van der Waals surface area (Å²) in [6.45, 7) is -0.162. The number of halogens is 1. The minimum Gasteiger partial charge on any atom is -0.341 e. The van der Waals surface area contributed by atoms with Crippen LogP contribution in [-0.2, 0) is 30.7 Å². The van der Waals surface area contributed by atoms with E-state index in [0.717, 1.165) is 19.6 Å². The fourth-order valence-corrected chi connectivity index (χ4v) is 3.80. The number of hydrogen-bond donors (Lipinski definition) is 1. The zero-order chi connectivity index (χ0) is 19.2. The topological polar surface area (TPSA) is 110 Å². The van der Waals surface area contributed by atoms with Crippen molar-refractivity contribution in [3.8, 4) is 0 Å². The molecule has 0 bridgehead atoms. The highest BCUT2D eigenvalue weighted by atomic mass is 32.2. The Bertz CT molecular complexity index is 1230. The molecule has 2 aromatic heterocycles. The first-order valence-electron chi connectivity index (χ1n) is 7.48. The minimum atomic E-state index is -4.17. The molecule has 0 saturated carbocycles. The van der Waals surface area contributed by atoms with Gasteiger partial charge in [-0.25, -0.2) is 22.6 Å². The maximum absolute atomic E-state index is 13.3. The van der Waals surface area contributed by atoms with Gasteiger partial charge >= 0.3 is 5.69 Å². The van der Waals surface area contributed by atoms with Gasteiger partial charge in [-0.1, -0.05) is 0 Å². The molecule has 138 valence electrons. The molecule has 0 aliphatic rings. The Kier molecular flexibility index (Phi) is 4.28. The number of nitrogens with zero attached hydrogens (tertiary/aromatic N) is 4. The summed E-state index contributed by atoms with van der Waals surface area (Å²) in [7, 11) is -0.322. The predicted octanol–water partition coefficient (Wildman–Crippen LogP) is -0.0799. The molecule has 0 radical (unpaired) electrons. The number of sulfonamides is 1. The zero-order valence-electron chi connectivity index (χ0n) is 14.2. The van der Waals surface area contributed by atoms with Gasteiger partial charge in [0.2, 0.25) is 10.0 Å². The zero-order valence-corrected chi connectivity index (χ0v) is 15.0. The van der Waals surface area contributed by atoms with Gasteiger partial charge in [0.1, 0.15) is 11.6 Å². The van der Waals surface area contributed by atoms with Crippen LogP contribution >= 0.6 is 0 Å². The van der Waals surface area contributed by atoms with Crippen LogP contribution < -0.4 is 11.2 Å². The van der Waals surface area contributed by atoms with E-state index in [-0.39, 0.29) is 6.54 Å². The highest BCUT2D eigenvalue weighted by Crippen LogP contribution is 2.16. The first-order valence-corrected chi connectivity index (χ1v) is 8.92. The number of benzene rings is 1. The molecule has 26 heavy (non-hydrogen) atoms. The Morgan fingerprint density at radius 3 is 2.65 bits per heavy atom. The van der Waals surface area contributed by atoms with Crippen LogP contribution in [0.4, 0.5) is 4.39 Å². The van der Waals surface area contributed by atoms with E-state index in [9.17, 15) is 22.4 Å². The molecule has 0 fully saturated rings. The largest absolute Gasteiger partial charge is 0.341 e. The maximum Gasteiger partial charge on any atom is 0.330 e. The van der Waals surface area contributed by atoms with E-state index in [4.69, 9.17) is 0 Å². The van der Waals surface area contributed by atoms with Crippen LogP contribution in [0.2, 0.25) is 0 Å². The Balaban J connectivity index is 1.99. The molecule has 0 aliphatic heterocycles. The van der Waals surface area contributed by atoms with E-state index >= 15 is 0 Å². The van der Waals surface area contributed by atoms with Crippen LogP contribution in [0, 0.1) is 5.82 Å². The molecule has 3 aromatic rings. The molecule has 0 aliphatic carbocycles. The van der Waals surface area contributed by atoms with Crippen molar-refractivity contribution >= 4 is 21.1 Å². The quantitative estimate of drug-likeness (QED) is 0.680. The summed E-state index contributed by atoms with van der Waals surface area (Å²) in [5, 5.41) is 0. The number of aromatic amines is 1. The van der Waals surface area contributed by atoms with Gasteiger partial charge in [0.05, 0.1) is 17.6 Å². The van der Waals surface area contributed by atoms with E-state index in [1.165, 1.54) is 39.3 Å². The van der Waals surface area contributed by atoms with Crippen LogP contribution in [-0.4, -0.2) is 38.9 Å². The second-order valence-corrected chi connectivity index (χ2v) is 7.87. The van der Waals surface area contributed by atoms with Crippen molar-refractivity contribution in [3.63, 3.8) is 0 Å². The fourth-order valence-electron chi connectivity index (χ4n) is 2.53. The molecule has 2 heterocycles. The third-order valence-electron chi connectivity index (χ3n) is 3.97. The van der Waals surface area contributed by atoms with Gasteiger partial charge in [-0.3, -0.25) is 9.36 Å². The lowest BCUT2D eigenvalue weighted by atomic mass is 10.3. The number of rotatable bonds is 4. The van der Waals surface area contributed by atoms with Crippen molar-refractivity contribution in [3.05, 3.63) is 56.9 Å². The van der Waals surface area contributed by atoms with Gasteiger partial charge in [-0.05, 0) is 18.2 Å². The molecule has 11 heteroatoms. The molecule has 0 saturated heterocycles. The van der Waals surface area contributed by atoms with E-state index in [1.807, 2.05) is 0 Å². The highest BCUT2D eigenvalue weighted by Gasteiger charge is 2.27. The minimum absolute atomic E-state index is 0.162. The molecule has 3 rings (SSSR count). The standard InChI is InChI=1S/C15H16FN5O4S/c1-19-7-12(14(22)21(3)15(19)23)26(24,25)20(2)8-13-17-10-5-4-9(16)6-11(10)18-13/h4-7H,8H2,1-3H3,(H,17,18). The van der Waals surface area contributed by atoms with E-state index in [2.05, 4.69) is 9.97 Å². The van der Waals surface area contributed by atoms with E-state index < -0.39 is 32.0 Å². The van der Waals surface area contributed by atoms with Gasteiger partial charge in [-0.2, -0.15) is 4.31 Å². The van der Waals surface area contributed by atoms with Crippen LogP contribution in [0.15, 0.2) is 38.9 Å². The summed E-state index contributed by atoms with van der Waals surface area (Å²) in [4.78, 5) is 30.5. The van der Waals surface area contributed by atoms with E-state index in [1.54, 1.807) is 0 Å². The Morgan fingerprint density at radius 2 is 1.96 bits per heavy atom. The van der Waals surface area contributed by atoms with Gasteiger partial charge in [-0.15, -0.1) is 0 Å². The molecule has 0 amide bonds. The van der Waals surface area contributed by atoms with Crippen LogP contribution in [0.25, 0.3) is 11.0 Å². The lowest BCUT2D eigenvalue weighted by molar-refractivity contribution is 0.455. The highest BCUT2D eigenvalue weighted by molar-refractivity contribution is 7.89. The molecule has 0 unspecified atom stereocenters.